The van der Waals surface area contributed by atoms with Crippen LogP contribution in [0.15, 0.2) is 42.5 Å². The Labute approximate surface area is 110 Å². The lowest BCUT2D eigenvalue weighted by atomic mass is 10.00. The van der Waals surface area contributed by atoms with E-state index < -0.39 is 6.10 Å². The molecule has 0 aliphatic heterocycles. The second-order valence-electron chi connectivity index (χ2n) is 4.12. The Balaban J connectivity index is 2.16. The number of nitrogen functional groups attached to an aromatic ring is 1. The van der Waals surface area contributed by atoms with Crippen LogP contribution < -0.4 is 5.73 Å². The van der Waals surface area contributed by atoms with E-state index in [2.05, 4.69) is 0 Å². The fourth-order valence-corrected chi connectivity index (χ4v) is 1.98. The fraction of sp³-hybridized carbons (Fsp3) is 0.143. The van der Waals surface area contributed by atoms with Gasteiger partial charge in [0.15, 0.2) is 0 Å². The summed E-state index contributed by atoms with van der Waals surface area (Å²) < 4.78 is 12.8. The van der Waals surface area contributed by atoms with Gasteiger partial charge in [-0.05, 0) is 29.8 Å². The Morgan fingerprint density at radius 3 is 2.44 bits per heavy atom. The van der Waals surface area contributed by atoms with Crippen LogP contribution in [0.4, 0.5) is 10.1 Å². The first-order valence-corrected chi connectivity index (χ1v) is 5.91. The molecule has 3 N–H and O–H groups in total. The lowest BCUT2D eigenvalue weighted by molar-refractivity contribution is 0.179. The van der Waals surface area contributed by atoms with Crippen molar-refractivity contribution in [3.05, 3.63) is 64.4 Å². The summed E-state index contributed by atoms with van der Waals surface area (Å²) in [5.41, 5.74) is 7.73. The highest BCUT2D eigenvalue weighted by Crippen LogP contribution is 2.26. The lowest BCUT2D eigenvalue weighted by Gasteiger charge is -2.13. The van der Waals surface area contributed by atoms with Gasteiger partial charge in [0.2, 0.25) is 0 Å². The summed E-state index contributed by atoms with van der Waals surface area (Å²) in [5, 5.41) is 10.6. The van der Waals surface area contributed by atoms with E-state index in [0.717, 1.165) is 5.56 Å². The standard InChI is InChI=1S/C14H13ClFNO/c15-10-3-6-12(13(17)8-10)14(18)7-9-1-4-11(16)5-2-9/h1-6,8,14,18H,7,17H2. The van der Waals surface area contributed by atoms with Crippen molar-refractivity contribution >= 4 is 17.3 Å². The van der Waals surface area contributed by atoms with Crippen LogP contribution in [0.5, 0.6) is 0 Å². The smallest absolute Gasteiger partial charge is 0.123 e. The number of aliphatic hydroxyl groups excluding tert-OH is 1. The number of hydrogen-bond acceptors (Lipinski definition) is 2. The summed E-state index contributed by atoms with van der Waals surface area (Å²) in [6.45, 7) is 0. The minimum Gasteiger partial charge on any atom is -0.398 e. The molecule has 0 saturated heterocycles. The Kier molecular flexibility index (Phi) is 3.84. The fourth-order valence-electron chi connectivity index (χ4n) is 1.80. The van der Waals surface area contributed by atoms with Gasteiger partial charge in [-0.2, -0.15) is 0 Å². The number of hydrogen-bond donors (Lipinski definition) is 2. The normalized spacial score (nSPS) is 12.4. The number of nitrogens with two attached hydrogens (primary N) is 1. The number of rotatable bonds is 3. The van der Waals surface area contributed by atoms with Crippen molar-refractivity contribution in [1.29, 1.82) is 0 Å². The van der Waals surface area contributed by atoms with Crippen LogP contribution in [0, 0.1) is 5.82 Å². The van der Waals surface area contributed by atoms with Crippen LogP contribution in [0.1, 0.15) is 17.2 Å². The number of anilines is 1. The van der Waals surface area contributed by atoms with Gasteiger partial charge in [0.05, 0.1) is 6.10 Å². The Morgan fingerprint density at radius 2 is 1.83 bits per heavy atom. The summed E-state index contributed by atoms with van der Waals surface area (Å²) in [6.07, 6.45) is -0.348. The largest absolute Gasteiger partial charge is 0.398 e. The maximum absolute atomic E-state index is 12.8. The zero-order chi connectivity index (χ0) is 13.1. The SMILES string of the molecule is Nc1cc(Cl)ccc1C(O)Cc1ccc(F)cc1. The molecule has 2 aromatic carbocycles. The first-order valence-electron chi connectivity index (χ1n) is 5.53. The van der Waals surface area contributed by atoms with E-state index in [4.69, 9.17) is 17.3 Å². The number of benzene rings is 2. The summed E-state index contributed by atoms with van der Waals surface area (Å²) in [6, 6.07) is 11.0. The van der Waals surface area contributed by atoms with Gasteiger partial charge in [0.25, 0.3) is 0 Å². The Morgan fingerprint density at radius 1 is 1.17 bits per heavy atom. The van der Waals surface area contributed by atoms with Gasteiger partial charge in [-0.3, -0.25) is 0 Å². The minimum absolute atomic E-state index is 0.292. The molecular weight excluding hydrogens is 253 g/mol. The minimum atomic E-state index is -0.729. The van der Waals surface area contributed by atoms with Crippen molar-refractivity contribution in [3.63, 3.8) is 0 Å². The van der Waals surface area contributed by atoms with Crippen molar-refractivity contribution in [2.75, 3.05) is 5.73 Å². The van der Waals surface area contributed by atoms with E-state index in [1.165, 1.54) is 12.1 Å². The Hall–Kier alpha value is -1.58. The molecule has 1 unspecified atom stereocenters. The maximum Gasteiger partial charge on any atom is 0.123 e. The molecule has 0 bridgehead atoms. The lowest BCUT2D eigenvalue weighted by Crippen LogP contribution is -2.05. The topological polar surface area (TPSA) is 46.2 Å². The van der Waals surface area contributed by atoms with Crippen molar-refractivity contribution in [2.45, 2.75) is 12.5 Å². The van der Waals surface area contributed by atoms with E-state index in [1.807, 2.05) is 0 Å². The predicted octanol–water partition coefficient (Wildman–Crippen LogP) is 3.34. The highest BCUT2D eigenvalue weighted by molar-refractivity contribution is 6.30. The first kappa shape index (κ1) is 12.9. The molecule has 18 heavy (non-hydrogen) atoms. The molecule has 2 aromatic rings. The summed E-state index contributed by atoms with van der Waals surface area (Å²) in [5.74, 6) is -0.292. The molecule has 2 rings (SSSR count). The third-order valence-electron chi connectivity index (χ3n) is 2.75. The molecule has 0 radical (unpaired) electrons. The van der Waals surface area contributed by atoms with Gasteiger partial charge in [0.1, 0.15) is 5.82 Å². The van der Waals surface area contributed by atoms with Gasteiger partial charge in [-0.1, -0.05) is 29.8 Å². The van der Waals surface area contributed by atoms with Crippen LogP contribution >= 0.6 is 11.6 Å². The molecule has 0 aromatic heterocycles. The third kappa shape index (κ3) is 3.00. The van der Waals surface area contributed by atoms with E-state index in [1.54, 1.807) is 30.3 Å². The summed E-state index contributed by atoms with van der Waals surface area (Å²) in [4.78, 5) is 0. The molecule has 0 aliphatic rings. The van der Waals surface area contributed by atoms with Gasteiger partial charge >= 0.3 is 0 Å². The van der Waals surface area contributed by atoms with Crippen molar-refractivity contribution < 1.29 is 9.50 Å². The van der Waals surface area contributed by atoms with Gasteiger partial charge in [0, 0.05) is 22.7 Å². The zero-order valence-corrected chi connectivity index (χ0v) is 10.4. The van der Waals surface area contributed by atoms with Gasteiger partial charge in [-0.25, -0.2) is 4.39 Å². The van der Waals surface area contributed by atoms with Crippen LogP contribution in [0.25, 0.3) is 0 Å². The average Bonchev–Trinajstić information content (AvgIpc) is 2.32. The summed E-state index contributed by atoms with van der Waals surface area (Å²) in [7, 11) is 0. The molecule has 4 heteroatoms. The summed E-state index contributed by atoms with van der Waals surface area (Å²) >= 11 is 5.80. The maximum atomic E-state index is 12.8. The van der Waals surface area contributed by atoms with Crippen molar-refractivity contribution in [1.82, 2.24) is 0 Å². The molecular formula is C14H13ClFNO. The zero-order valence-electron chi connectivity index (χ0n) is 9.61. The van der Waals surface area contributed by atoms with Crippen LogP contribution in [-0.2, 0) is 6.42 Å². The van der Waals surface area contributed by atoms with Crippen LogP contribution in [-0.4, -0.2) is 5.11 Å². The van der Waals surface area contributed by atoms with E-state index in [-0.39, 0.29) is 5.82 Å². The first-order chi connectivity index (χ1) is 8.56. The number of halogens is 2. The molecule has 0 fully saturated rings. The monoisotopic (exact) mass is 265 g/mol. The Bertz CT molecular complexity index is 542. The van der Waals surface area contributed by atoms with Crippen LogP contribution in [0.2, 0.25) is 5.02 Å². The molecule has 2 nitrogen and oxygen atoms in total. The molecule has 0 spiro atoms. The van der Waals surface area contributed by atoms with E-state index >= 15 is 0 Å². The van der Waals surface area contributed by atoms with Gasteiger partial charge < -0.3 is 10.8 Å². The third-order valence-corrected chi connectivity index (χ3v) is 2.99. The highest BCUT2D eigenvalue weighted by atomic mass is 35.5. The average molecular weight is 266 g/mol. The predicted molar refractivity (Wildman–Crippen MR) is 70.9 cm³/mol. The van der Waals surface area contributed by atoms with Crippen molar-refractivity contribution in [2.24, 2.45) is 0 Å². The van der Waals surface area contributed by atoms with E-state index in [9.17, 15) is 9.50 Å². The molecule has 1 atom stereocenters. The molecule has 0 amide bonds. The second kappa shape index (κ2) is 5.38. The quantitative estimate of drug-likeness (QED) is 0.836. The van der Waals surface area contributed by atoms with Gasteiger partial charge in [-0.15, -0.1) is 0 Å². The van der Waals surface area contributed by atoms with E-state index in [0.29, 0.717) is 22.7 Å². The molecule has 94 valence electrons. The second-order valence-corrected chi connectivity index (χ2v) is 4.56. The highest BCUT2D eigenvalue weighted by Gasteiger charge is 2.12. The van der Waals surface area contributed by atoms with Crippen LogP contribution in [0.3, 0.4) is 0 Å². The van der Waals surface area contributed by atoms with Crippen molar-refractivity contribution in [3.8, 4) is 0 Å². The molecule has 0 saturated carbocycles. The number of aliphatic hydroxyl groups is 1. The molecule has 0 heterocycles. The molecule has 0 aliphatic carbocycles.